The first-order valence-electron chi connectivity index (χ1n) is 15.8. The van der Waals surface area contributed by atoms with Gasteiger partial charge in [-0.3, -0.25) is 0 Å². The van der Waals surface area contributed by atoms with Crippen LogP contribution in [0.15, 0.2) is 183 Å². The molecule has 0 saturated heterocycles. The molecule has 2 aliphatic heterocycles. The molecular weight excluding hydrogens is 643 g/mol. The maximum atomic E-state index is 2.55. The van der Waals surface area contributed by atoms with Gasteiger partial charge in [0.15, 0.2) is 8.07 Å². The molecule has 8 aromatic rings. The van der Waals surface area contributed by atoms with Gasteiger partial charge in [0, 0.05) is 46.4 Å². The molecule has 10 rings (SSSR count). The van der Waals surface area contributed by atoms with Crippen LogP contribution < -0.4 is 25.6 Å². The third kappa shape index (κ3) is 4.04. The number of hydrogen-bond donors (Lipinski definition) is 0. The number of anilines is 3. The number of para-hydroxylation sites is 1. The molecule has 222 valence electrons. The minimum Gasteiger partial charge on any atom is -0.309 e. The van der Waals surface area contributed by atoms with Crippen molar-refractivity contribution < 1.29 is 0 Å². The molecule has 0 aliphatic carbocycles. The van der Waals surface area contributed by atoms with Gasteiger partial charge in [-0.2, -0.15) is 0 Å². The van der Waals surface area contributed by atoms with Crippen LogP contribution in [0.3, 0.4) is 0 Å². The molecule has 0 amide bonds. The number of nitrogens with zero attached hydrogens (tertiary/aromatic N) is 1. The summed E-state index contributed by atoms with van der Waals surface area (Å²) >= 11 is 5.74. The molecule has 1 spiro atoms. The Morgan fingerprint density at radius 1 is 0.404 bits per heavy atom. The van der Waals surface area contributed by atoms with Crippen molar-refractivity contribution in [3.63, 3.8) is 0 Å². The molecule has 0 saturated carbocycles. The molecule has 7 aromatic carbocycles. The molecule has 0 atom stereocenters. The van der Waals surface area contributed by atoms with Gasteiger partial charge in [-0.15, -0.1) is 11.3 Å². The third-order valence-electron chi connectivity index (χ3n) is 9.58. The number of hydrogen-bond acceptors (Lipinski definition) is 4. The highest BCUT2D eigenvalue weighted by Gasteiger charge is 2.51. The van der Waals surface area contributed by atoms with Crippen LogP contribution in [-0.4, -0.2) is 8.07 Å². The van der Waals surface area contributed by atoms with Crippen molar-refractivity contribution >= 4 is 101 Å². The summed E-state index contributed by atoms with van der Waals surface area (Å²) in [5.74, 6) is 0. The molecule has 3 heterocycles. The lowest BCUT2D eigenvalue weighted by Gasteiger charge is -2.44. The smallest absolute Gasteiger partial charge is 0.184 e. The van der Waals surface area contributed by atoms with Crippen LogP contribution in [0.1, 0.15) is 0 Å². The first-order chi connectivity index (χ1) is 23.3. The molecule has 0 radical (unpaired) electrons. The lowest BCUT2D eigenvalue weighted by atomic mass is 10.1. The van der Waals surface area contributed by atoms with E-state index in [2.05, 4.69) is 169 Å². The van der Waals surface area contributed by atoms with Gasteiger partial charge in [-0.25, -0.2) is 0 Å². The summed E-state index contributed by atoms with van der Waals surface area (Å²) in [6.07, 6.45) is 0. The van der Waals surface area contributed by atoms with E-state index in [0.29, 0.717) is 0 Å². The molecule has 1 aromatic heterocycles. The second-order valence-corrected chi connectivity index (χ2v) is 18.9. The monoisotopic (exact) mass is 669 g/mol. The van der Waals surface area contributed by atoms with Crippen LogP contribution in [0.5, 0.6) is 0 Å². The van der Waals surface area contributed by atoms with Gasteiger partial charge < -0.3 is 4.90 Å². The highest BCUT2D eigenvalue weighted by atomic mass is 32.2. The Bertz CT molecular complexity index is 2400. The van der Waals surface area contributed by atoms with Crippen molar-refractivity contribution in [2.75, 3.05) is 4.90 Å². The lowest BCUT2D eigenvalue weighted by Crippen LogP contribution is -2.78. The second kappa shape index (κ2) is 10.8. The fraction of sp³-hybridized carbons (Fsp3) is 0. The fourth-order valence-corrected chi connectivity index (χ4v) is 18.0. The van der Waals surface area contributed by atoms with E-state index in [9.17, 15) is 0 Å². The molecular formula is C42H27NS3Si. The van der Waals surface area contributed by atoms with E-state index in [1.807, 2.05) is 34.9 Å². The minimum absolute atomic E-state index is 1.16. The lowest BCUT2D eigenvalue weighted by molar-refractivity contribution is 1.29. The highest BCUT2D eigenvalue weighted by molar-refractivity contribution is 8.01. The maximum Gasteiger partial charge on any atom is 0.184 e. The Hall–Kier alpha value is -4.52. The Kier molecular flexibility index (Phi) is 6.31. The molecule has 47 heavy (non-hydrogen) atoms. The molecule has 5 heteroatoms. The van der Waals surface area contributed by atoms with Crippen molar-refractivity contribution in [1.29, 1.82) is 0 Å². The van der Waals surface area contributed by atoms with Crippen LogP contribution in [0, 0.1) is 0 Å². The molecule has 0 bridgehead atoms. The largest absolute Gasteiger partial charge is 0.309 e. The Labute approximate surface area is 287 Å². The minimum atomic E-state index is -2.68. The Balaban J connectivity index is 1.29. The number of fused-ring (bicyclic) bond motifs is 11. The average molecular weight is 670 g/mol. The standard InChI is InChI=1S/C42H27NS3Si/c1-2-13-28(14-3-1)43(32-17-12-16-31-30-15-4-5-18-33(30)46-42(31)32)29-25-26-37-41(27-29)47(40-24-11-8-21-36(40)45-37)38-22-9-6-19-34(38)44-35-20-7-10-23-39(35)47/h1-27H. The van der Waals surface area contributed by atoms with Gasteiger partial charge >= 0.3 is 0 Å². The van der Waals surface area contributed by atoms with Crippen LogP contribution in [0.4, 0.5) is 17.1 Å². The quantitative estimate of drug-likeness (QED) is 0.173. The summed E-state index contributed by atoms with van der Waals surface area (Å²) in [4.78, 5) is 7.99. The summed E-state index contributed by atoms with van der Waals surface area (Å²) in [7, 11) is -2.68. The van der Waals surface area contributed by atoms with E-state index >= 15 is 0 Å². The molecule has 0 fully saturated rings. The van der Waals surface area contributed by atoms with E-state index in [1.54, 1.807) is 0 Å². The first-order valence-corrected chi connectivity index (χ1v) is 20.3. The van der Waals surface area contributed by atoms with Crippen molar-refractivity contribution in [3.05, 3.63) is 164 Å². The Morgan fingerprint density at radius 2 is 0.957 bits per heavy atom. The number of rotatable bonds is 3. The average Bonchev–Trinajstić information content (AvgIpc) is 3.52. The second-order valence-electron chi connectivity index (χ2n) is 12.0. The highest BCUT2D eigenvalue weighted by Crippen LogP contribution is 2.46. The van der Waals surface area contributed by atoms with Gasteiger partial charge in [0.25, 0.3) is 0 Å². The SMILES string of the molecule is c1ccc(N(c2ccc3c(c2)[Si]2(c4ccccc4Sc4ccccc42)c2ccccc2S3)c2cccc3c2sc2ccccc23)cc1. The Morgan fingerprint density at radius 3 is 1.64 bits per heavy atom. The van der Waals surface area contributed by atoms with E-state index in [1.165, 1.54) is 71.9 Å². The van der Waals surface area contributed by atoms with Crippen LogP contribution >= 0.6 is 34.9 Å². The zero-order valence-electron chi connectivity index (χ0n) is 25.3. The summed E-state index contributed by atoms with van der Waals surface area (Å²) in [6, 6.07) is 61.3. The van der Waals surface area contributed by atoms with Gasteiger partial charge in [-0.05, 0) is 81.4 Å². The van der Waals surface area contributed by atoms with E-state index in [-0.39, 0.29) is 0 Å². The van der Waals surface area contributed by atoms with Gasteiger partial charge in [0.1, 0.15) is 0 Å². The molecule has 2 aliphatic rings. The molecule has 0 N–H and O–H groups in total. The summed E-state index contributed by atoms with van der Waals surface area (Å²) < 4.78 is 2.63. The fourth-order valence-electron chi connectivity index (χ4n) is 7.66. The first kappa shape index (κ1) is 27.6. The number of thiophene rings is 1. The van der Waals surface area contributed by atoms with Gasteiger partial charge in [0.05, 0.1) is 10.4 Å². The summed E-state index contributed by atoms with van der Waals surface area (Å²) in [6.45, 7) is 0. The van der Waals surface area contributed by atoms with Gasteiger partial charge in [0.2, 0.25) is 0 Å². The normalized spacial score (nSPS) is 14.0. The predicted molar refractivity (Wildman–Crippen MR) is 206 cm³/mol. The summed E-state index contributed by atoms with van der Waals surface area (Å²) in [5, 5.41) is 8.58. The van der Waals surface area contributed by atoms with Crippen molar-refractivity contribution in [1.82, 2.24) is 0 Å². The van der Waals surface area contributed by atoms with Crippen LogP contribution in [0.2, 0.25) is 0 Å². The molecule has 1 nitrogen and oxygen atoms in total. The van der Waals surface area contributed by atoms with E-state index in [0.717, 1.165) is 5.69 Å². The van der Waals surface area contributed by atoms with E-state index in [4.69, 9.17) is 0 Å². The zero-order chi connectivity index (χ0) is 31.0. The summed E-state index contributed by atoms with van der Waals surface area (Å²) in [5.41, 5.74) is 3.58. The van der Waals surface area contributed by atoms with Crippen molar-refractivity contribution in [2.24, 2.45) is 0 Å². The van der Waals surface area contributed by atoms with Crippen LogP contribution in [-0.2, 0) is 0 Å². The van der Waals surface area contributed by atoms with E-state index < -0.39 is 8.07 Å². The predicted octanol–water partition coefficient (Wildman–Crippen LogP) is 9.83. The van der Waals surface area contributed by atoms with Gasteiger partial charge in [-0.1, -0.05) is 127 Å². The van der Waals surface area contributed by atoms with Crippen molar-refractivity contribution in [2.45, 2.75) is 19.6 Å². The topological polar surface area (TPSA) is 3.24 Å². The zero-order valence-corrected chi connectivity index (χ0v) is 28.7. The third-order valence-corrected chi connectivity index (χ3v) is 18.8. The molecule has 0 unspecified atom stereocenters. The van der Waals surface area contributed by atoms with Crippen molar-refractivity contribution in [3.8, 4) is 0 Å². The maximum absolute atomic E-state index is 2.68. The van der Waals surface area contributed by atoms with Crippen LogP contribution in [0.25, 0.3) is 20.2 Å². The number of benzene rings is 7.